The Balaban J connectivity index is 2.39. The van der Waals surface area contributed by atoms with Gasteiger partial charge >= 0.3 is 0 Å². The zero-order valence-corrected chi connectivity index (χ0v) is 12.7. The third-order valence-electron chi connectivity index (χ3n) is 3.23. The summed E-state index contributed by atoms with van der Waals surface area (Å²) < 4.78 is 17.9. The first-order chi connectivity index (χ1) is 9.73. The third kappa shape index (κ3) is 3.06. The first kappa shape index (κ1) is 15.1. The predicted octanol–water partition coefficient (Wildman–Crippen LogP) is 2.45. The number of alkyl halides is 1. The first-order valence-electron chi connectivity index (χ1n) is 6.34. The van der Waals surface area contributed by atoms with Crippen LogP contribution >= 0.6 is 11.6 Å². The van der Waals surface area contributed by atoms with Gasteiger partial charge < -0.3 is 18.8 Å². The summed E-state index contributed by atoms with van der Waals surface area (Å²) in [7, 11) is 4.97. The van der Waals surface area contributed by atoms with Crippen molar-refractivity contribution in [3.05, 3.63) is 24.0 Å². The van der Waals surface area contributed by atoms with Gasteiger partial charge in [-0.3, -0.25) is 0 Å². The molecule has 2 rings (SSSR count). The highest BCUT2D eigenvalue weighted by molar-refractivity contribution is 6.16. The van der Waals surface area contributed by atoms with E-state index in [0.717, 1.165) is 22.6 Å². The second-order valence-corrected chi connectivity index (χ2v) is 4.71. The fourth-order valence-corrected chi connectivity index (χ4v) is 2.38. The summed E-state index contributed by atoms with van der Waals surface area (Å²) in [5, 5.41) is 0. The average molecular weight is 299 g/mol. The van der Waals surface area contributed by atoms with E-state index in [4.69, 9.17) is 25.8 Å². The molecule has 20 heavy (non-hydrogen) atoms. The Morgan fingerprint density at radius 2 is 2.10 bits per heavy atom. The highest BCUT2D eigenvalue weighted by atomic mass is 35.5. The van der Waals surface area contributed by atoms with Crippen LogP contribution in [0.25, 0.3) is 11.0 Å². The summed E-state index contributed by atoms with van der Waals surface area (Å²) in [6, 6.07) is 5.80. The lowest BCUT2D eigenvalue weighted by Gasteiger charge is -2.17. The Bertz CT molecular complexity index is 571. The van der Waals surface area contributed by atoms with Gasteiger partial charge in [-0.25, -0.2) is 4.98 Å². The van der Waals surface area contributed by atoms with E-state index in [1.807, 2.05) is 18.2 Å². The zero-order chi connectivity index (χ0) is 14.5. The molecule has 1 unspecified atom stereocenters. The maximum Gasteiger partial charge on any atom is 0.124 e. The smallest absolute Gasteiger partial charge is 0.124 e. The van der Waals surface area contributed by atoms with E-state index in [2.05, 4.69) is 9.55 Å². The van der Waals surface area contributed by atoms with Gasteiger partial charge in [0.2, 0.25) is 0 Å². The van der Waals surface area contributed by atoms with Crippen LogP contribution in [0.15, 0.2) is 18.2 Å². The normalized spacial score (nSPS) is 12.8. The Hall–Kier alpha value is -1.30. The van der Waals surface area contributed by atoms with Crippen LogP contribution in [0.5, 0.6) is 5.75 Å². The van der Waals surface area contributed by atoms with Crippen LogP contribution in [0, 0.1) is 0 Å². The number of rotatable bonds is 7. The summed E-state index contributed by atoms with van der Waals surface area (Å²) in [5.41, 5.74) is 1.88. The van der Waals surface area contributed by atoms with Crippen LogP contribution in [0.2, 0.25) is 0 Å². The van der Waals surface area contributed by atoms with Crippen molar-refractivity contribution in [2.45, 2.75) is 18.5 Å². The molecule has 0 aliphatic carbocycles. The topological polar surface area (TPSA) is 45.5 Å². The van der Waals surface area contributed by atoms with Gasteiger partial charge in [-0.05, 0) is 12.1 Å². The van der Waals surface area contributed by atoms with Gasteiger partial charge in [0.1, 0.15) is 11.6 Å². The fourth-order valence-electron chi connectivity index (χ4n) is 2.18. The molecule has 0 N–H and O–H groups in total. The lowest BCUT2D eigenvalue weighted by atomic mass is 10.3. The van der Waals surface area contributed by atoms with Crippen molar-refractivity contribution in [3.63, 3.8) is 0 Å². The Morgan fingerprint density at radius 3 is 2.70 bits per heavy atom. The SMILES string of the molecule is COCC(Cn1c(CCl)nc2cc(OC)ccc21)OC. The summed E-state index contributed by atoms with van der Waals surface area (Å²) in [6.45, 7) is 1.17. The van der Waals surface area contributed by atoms with Crippen molar-refractivity contribution >= 4 is 22.6 Å². The molecule has 0 spiro atoms. The Labute approximate surface area is 123 Å². The van der Waals surface area contributed by atoms with E-state index < -0.39 is 0 Å². The number of fused-ring (bicyclic) bond motifs is 1. The van der Waals surface area contributed by atoms with E-state index in [-0.39, 0.29) is 6.10 Å². The molecule has 0 saturated heterocycles. The van der Waals surface area contributed by atoms with Crippen molar-refractivity contribution in [1.82, 2.24) is 9.55 Å². The van der Waals surface area contributed by atoms with Gasteiger partial charge in [0, 0.05) is 20.3 Å². The van der Waals surface area contributed by atoms with Crippen molar-refractivity contribution in [3.8, 4) is 5.75 Å². The molecule has 0 aliphatic heterocycles. The first-order valence-corrected chi connectivity index (χ1v) is 6.87. The molecule has 0 amide bonds. The van der Waals surface area contributed by atoms with Crippen LogP contribution in [0.3, 0.4) is 0 Å². The standard InChI is InChI=1S/C14H19ClN2O3/c1-18-9-11(20-3)8-17-13-5-4-10(19-2)6-12(13)16-14(17)7-15/h4-6,11H,7-9H2,1-3H3. The minimum absolute atomic E-state index is 0.0403. The molecule has 0 saturated carbocycles. The van der Waals surface area contributed by atoms with Gasteiger partial charge in [0.15, 0.2) is 0 Å². The maximum atomic E-state index is 5.99. The van der Waals surface area contributed by atoms with Crippen LogP contribution in [-0.4, -0.2) is 43.6 Å². The van der Waals surface area contributed by atoms with E-state index in [1.165, 1.54) is 0 Å². The lowest BCUT2D eigenvalue weighted by molar-refractivity contribution is 0.0186. The fraction of sp³-hybridized carbons (Fsp3) is 0.500. The minimum atomic E-state index is -0.0403. The lowest BCUT2D eigenvalue weighted by Crippen LogP contribution is -2.24. The van der Waals surface area contributed by atoms with E-state index in [0.29, 0.717) is 19.0 Å². The molecule has 110 valence electrons. The number of ether oxygens (including phenoxy) is 3. The molecule has 0 bridgehead atoms. The van der Waals surface area contributed by atoms with Crippen LogP contribution in [0.4, 0.5) is 0 Å². The molecule has 0 aliphatic rings. The number of nitrogens with zero attached hydrogens (tertiary/aromatic N) is 2. The number of methoxy groups -OCH3 is 3. The average Bonchev–Trinajstić information content (AvgIpc) is 2.83. The summed E-state index contributed by atoms with van der Waals surface area (Å²) in [5.74, 6) is 1.94. The predicted molar refractivity (Wildman–Crippen MR) is 78.5 cm³/mol. The summed E-state index contributed by atoms with van der Waals surface area (Å²) in [4.78, 5) is 4.54. The molecule has 5 nitrogen and oxygen atoms in total. The number of hydrogen-bond acceptors (Lipinski definition) is 4. The maximum absolute atomic E-state index is 5.99. The van der Waals surface area contributed by atoms with Crippen LogP contribution < -0.4 is 4.74 Å². The number of imidazole rings is 1. The number of hydrogen-bond donors (Lipinski definition) is 0. The highest BCUT2D eigenvalue weighted by Crippen LogP contribution is 2.23. The zero-order valence-electron chi connectivity index (χ0n) is 11.9. The minimum Gasteiger partial charge on any atom is -0.497 e. The number of benzene rings is 1. The van der Waals surface area contributed by atoms with E-state index in [1.54, 1.807) is 21.3 Å². The van der Waals surface area contributed by atoms with Crippen LogP contribution in [0.1, 0.15) is 5.82 Å². The molecule has 0 radical (unpaired) electrons. The van der Waals surface area contributed by atoms with Crippen molar-refractivity contribution in [2.24, 2.45) is 0 Å². The quantitative estimate of drug-likeness (QED) is 0.737. The van der Waals surface area contributed by atoms with E-state index >= 15 is 0 Å². The number of halogens is 1. The third-order valence-corrected chi connectivity index (χ3v) is 3.47. The van der Waals surface area contributed by atoms with Gasteiger partial charge in [-0.1, -0.05) is 0 Å². The highest BCUT2D eigenvalue weighted by Gasteiger charge is 2.15. The molecule has 1 atom stereocenters. The molecule has 1 aromatic heterocycles. The van der Waals surface area contributed by atoms with Crippen molar-refractivity contribution in [1.29, 1.82) is 0 Å². The largest absolute Gasteiger partial charge is 0.497 e. The van der Waals surface area contributed by atoms with Gasteiger partial charge in [0.25, 0.3) is 0 Å². The number of aromatic nitrogens is 2. The molecule has 6 heteroatoms. The Kier molecular flexibility index (Phi) is 5.23. The molecule has 1 heterocycles. The second-order valence-electron chi connectivity index (χ2n) is 4.44. The molecular weight excluding hydrogens is 280 g/mol. The van der Waals surface area contributed by atoms with Crippen LogP contribution in [-0.2, 0) is 21.9 Å². The van der Waals surface area contributed by atoms with Crippen molar-refractivity contribution < 1.29 is 14.2 Å². The summed E-state index contributed by atoms with van der Waals surface area (Å²) >= 11 is 5.99. The molecule has 0 fully saturated rings. The van der Waals surface area contributed by atoms with E-state index in [9.17, 15) is 0 Å². The van der Waals surface area contributed by atoms with Gasteiger partial charge in [-0.2, -0.15) is 0 Å². The van der Waals surface area contributed by atoms with Gasteiger partial charge in [-0.15, -0.1) is 11.6 Å². The second kappa shape index (κ2) is 6.92. The van der Waals surface area contributed by atoms with Crippen molar-refractivity contribution in [2.75, 3.05) is 27.9 Å². The molecular formula is C14H19ClN2O3. The molecule has 1 aromatic carbocycles. The van der Waals surface area contributed by atoms with Gasteiger partial charge in [0.05, 0.1) is 43.3 Å². The Morgan fingerprint density at radius 1 is 1.30 bits per heavy atom. The monoisotopic (exact) mass is 298 g/mol. The molecule has 2 aromatic rings. The summed E-state index contributed by atoms with van der Waals surface area (Å²) in [6.07, 6.45) is -0.0403.